The highest BCUT2D eigenvalue weighted by Crippen LogP contribution is 2.38. The predicted molar refractivity (Wildman–Crippen MR) is 231 cm³/mol. The van der Waals surface area contributed by atoms with Gasteiger partial charge in [-0.2, -0.15) is 0 Å². The fraction of sp³-hybridized carbons (Fsp3) is 0. The third kappa shape index (κ3) is 6.39. The Hall–Kier alpha value is -7.01. The Bertz CT molecular complexity index is 2970. The zero-order valence-electron chi connectivity index (χ0n) is 29.8. The largest absolute Gasteiger partial charge is 0.208 e. The fourth-order valence-electron chi connectivity index (χ4n) is 7.37. The van der Waals surface area contributed by atoms with Gasteiger partial charge in [0.2, 0.25) is 0 Å². The molecule has 0 atom stereocenters. The first-order valence-electron chi connectivity index (χ1n) is 18.4. The molecule has 2 heterocycles. The summed E-state index contributed by atoms with van der Waals surface area (Å²) in [6.45, 7) is 0. The molecule has 0 radical (unpaired) electrons. The van der Waals surface area contributed by atoms with E-state index in [9.17, 15) is 0 Å². The van der Waals surface area contributed by atoms with E-state index < -0.39 is 0 Å². The van der Waals surface area contributed by atoms with Crippen LogP contribution in [-0.4, -0.2) is 15.0 Å². The minimum absolute atomic E-state index is 0.628. The summed E-state index contributed by atoms with van der Waals surface area (Å²) >= 11 is 1.85. The molecule has 0 fully saturated rings. The van der Waals surface area contributed by atoms with Gasteiger partial charge in [0.05, 0.1) is 0 Å². The number of fused-ring (bicyclic) bond motifs is 3. The van der Waals surface area contributed by atoms with Gasteiger partial charge in [-0.25, -0.2) is 15.0 Å². The lowest BCUT2D eigenvalue weighted by Crippen LogP contribution is -2.01. The highest BCUT2D eigenvalue weighted by Gasteiger charge is 2.16. The van der Waals surface area contributed by atoms with Crippen LogP contribution in [0.15, 0.2) is 200 Å². The molecule has 0 N–H and O–H groups in total. The molecule has 10 rings (SSSR count). The number of hydrogen-bond donors (Lipinski definition) is 0. The lowest BCUT2D eigenvalue weighted by atomic mass is 9.97. The molecule has 0 aliphatic carbocycles. The predicted octanol–water partition coefficient (Wildman–Crippen LogP) is 13.9. The molecule has 10 aromatic rings. The normalized spacial score (nSPS) is 11.3. The van der Waals surface area contributed by atoms with E-state index >= 15 is 0 Å². The van der Waals surface area contributed by atoms with Crippen molar-refractivity contribution in [3.05, 3.63) is 200 Å². The number of hydrogen-bond acceptors (Lipinski definition) is 4. The molecule has 0 amide bonds. The summed E-state index contributed by atoms with van der Waals surface area (Å²) in [5.41, 5.74) is 11.9. The highest BCUT2D eigenvalue weighted by atomic mass is 32.1. The van der Waals surface area contributed by atoms with E-state index in [-0.39, 0.29) is 0 Å². The molecule has 3 nitrogen and oxygen atoms in total. The van der Waals surface area contributed by atoms with E-state index in [1.165, 1.54) is 36.9 Å². The van der Waals surface area contributed by atoms with Gasteiger partial charge >= 0.3 is 0 Å². The first kappa shape index (κ1) is 32.6. The van der Waals surface area contributed by atoms with Crippen LogP contribution in [0.4, 0.5) is 0 Å². The Morgan fingerprint density at radius 3 is 1.44 bits per heavy atom. The molecule has 0 bridgehead atoms. The minimum atomic E-state index is 0.628. The van der Waals surface area contributed by atoms with E-state index in [2.05, 4.69) is 182 Å². The lowest BCUT2D eigenvalue weighted by Gasteiger charge is -2.13. The van der Waals surface area contributed by atoms with Gasteiger partial charge in [-0.15, -0.1) is 11.3 Å². The van der Waals surface area contributed by atoms with E-state index in [0.29, 0.717) is 17.5 Å². The topological polar surface area (TPSA) is 38.7 Å². The Morgan fingerprint density at radius 1 is 0.255 bits per heavy atom. The summed E-state index contributed by atoms with van der Waals surface area (Å²) in [7, 11) is 0. The monoisotopic (exact) mass is 719 g/mol. The average molecular weight is 720 g/mol. The van der Waals surface area contributed by atoms with Gasteiger partial charge < -0.3 is 0 Å². The third-order valence-electron chi connectivity index (χ3n) is 10.2. The second-order valence-electron chi connectivity index (χ2n) is 13.6. The molecule has 4 heteroatoms. The van der Waals surface area contributed by atoms with Crippen LogP contribution in [-0.2, 0) is 0 Å². The SMILES string of the molecule is c1ccc(-c2ccc(-c3nc(-c4cccc(-c5cccc(-c6ccc7sc8ccccc8c7c6)c5)c4)nc(-c4ccccc4-c4ccccc4)n3)cc2)cc1. The first-order valence-corrected chi connectivity index (χ1v) is 19.2. The number of benzene rings is 8. The smallest absolute Gasteiger partial charge is 0.164 e. The van der Waals surface area contributed by atoms with E-state index in [1.54, 1.807) is 0 Å². The summed E-state index contributed by atoms with van der Waals surface area (Å²) in [5.74, 6) is 1.89. The number of aromatic nitrogens is 3. The van der Waals surface area contributed by atoms with Crippen LogP contribution in [0, 0.1) is 0 Å². The van der Waals surface area contributed by atoms with Gasteiger partial charge in [0, 0.05) is 36.9 Å². The van der Waals surface area contributed by atoms with Crippen molar-refractivity contribution in [3.63, 3.8) is 0 Å². The van der Waals surface area contributed by atoms with Gasteiger partial charge in [0.15, 0.2) is 17.5 Å². The van der Waals surface area contributed by atoms with Gasteiger partial charge in [-0.1, -0.05) is 170 Å². The van der Waals surface area contributed by atoms with Gasteiger partial charge in [-0.05, 0) is 74.8 Å². The summed E-state index contributed by atoms with van der Waals surface area (Å²) in [6.07, 6.45) is 0. The summed E-state index contributed by atoms with van der Waals surface area (Å²) in [6, 6.07) is 70.5. The molecule has 8 aromatic carbocycles. The van der Waals surface area contributed by atoms with Crippen molar-refractivity contribution in [3.8, 4) is 78.7 Å². The second-order valence-corrected chi connectivity index (χ2v) is 14.7. The van der Waals surface area contributed by atoms with Crippen molar-refractivity contribution in [1.29, 1.82) is 0 Å². The number of thiophene rings is 1. The van der Waals surface area contributed by atoms with Crippen molar-refractivity contribution in [2.24, 2.45) is 0 Å². The van der Waals surface area contributed by atoms with E-state index in [1.807, 2.05) is 29.5 Å². The van der Waals surface area contributed by atoms with E-state index in [4.69, 9.17) is 15.0 Å². The van der Waals surface area contributed by atoms with Gasteiger partial charge in [-0.3, -0.25) is 0 Å². The quantitative estimate of drug-likeness (QED) is 0.165. The zero-order valence-corrected chi connectivity index (χ0v) is 30.6. The molecule has 258 valence electrons. The maximum atomic E-state index is 5.18. The van der Waals surface area contributed by atoms with E-state index in [0.717, 1.165) is 44.5 Å². The van der Waals surface area contributed by atoms with Crippen LogP contribution < -0.4 is 0 Å². The van der Waals surface area contributed by atoms with Crippen molar-refractivity contribution >= 4 is 31.5 Å². The second kappa shape index (κ2) is 14.1. The Kier molecular flexibility index (Phi) is 8.36. The molecule has 0 saturated carbocycles. The zero-order chi connectivity index (χ0) is 36.6. The van der Waals surface area contributed by atoms with Crippen LogP contribution in [0.25, 0.3) is 98.8 Å². The molecule has 0 aliphatic rings. The first-order chi connectivity index (χ1) is 27.2. The Balaban J connectivity index is 1.07. The van der Waals surface area contributed by atoms with Gasteiger partial charge in [0.1, 0.15) is 0 Å². The van der Waals surface area contributed by atoms with Crippen molar-refractivity contribution in [2.75, 3.05) is 0 Å². The standard InChI is InChI=1S/C51H33N3S/c1-3-13-34(14-4-1)35-25-27-37(28-26-35)49-52-50(54-51(53-49)45-23-8-7-21-43(45)36-15-5-2-6-16-36)42-20-12-19-40(32-42)38-17-11-18-39(31-38)41-29-30-48-46(33-41)44-22-9-10-24-47(44)55-48/h1-33H. The van der Waals surface area contributed by atoms with Gasteiger partial charge in [0.25, 0.3) is 0 Å². The summed E-state index contributed by atoms with van der Waals surface area (Å²) < 4.78 is 2.63. The van der Waals surface area contributed by atoms with Crippen molar-refractivity contribution < 1.29 is 0 Å². The maximum absolute atomic E-state index is 5.18. The summed E-state index contributed by atoms with van der Waals surface area (Å²) in [4.78, 5) is 15.4. The molecular formula is C51H33N3S. The average Bonchev–Trinajstić information content (AvgIpc) is 3.65. The highest BCUT2D eigenvalue weighted by molar-refractivity contribution is 7.25. The lowest BCUT2D eigenvalue weighted by molar-refractivity contribution is 1.07. The molecule has 0 spiro atoms. The van der Waals surface area contributed by atoms with Crippen LogP contribution in [0.5, 0.6) is 0 Å². The maximum Gasteiger partial charge on any atom is 0.164 e. The molecule has 0 unspecified atom stereocenters. The minimum Gasteiger partial charge on any atom is -0.208 e. The molecule has 2 aromatic heterocycles. The number of nitrogens with zero attached hydrogens (tertiary/aromatic N) is 3. The fourth-order valence-corrected chi connectivity index (χ4v) is 8.45. The Morgan fingerprint density at radius 2 is 0.709 bits per heavy atom. The molecule has 0 saturated heterocycles. The third-order valence-corrected chi connectivity index (χ3v) is 11.3. The van der Waals surface area contributed by atoms with Crippen LogP contribution in [0.3, 0.4) is 0 Å². The Labute approximate surface area is 323 Å². The molecule has 0 aliphatic heterocycles. The number of rotatable bonds is 7. The van der Waals surface area contributed by atoms with Crippen LogP contribution >= 0.6 is 11.3 Å². The van der Waals surface area contributed by atoms with Crippen LogP contribution in [0.2, 0.25) is 0 Å². The molecular weight excluding hydrogens is 687 g/mol. The van der Waals surface area contributed by atoms with Crippen LogP contribution in [0.1, 0.15) is 0 Å². The molecule has 55 heavy (non-hydrogen) atoms. The summed E-state index contributed by atoms with van der Waals surface area (Å²) in [5, 5.41) is 2.61. The van der Waals surface area contributed by atoms with Crippen molar-refractivity contribution in [1.82, 2.24) is 15.0 Å². The van der Waals surface area contributed by atoms with Crippen molar-refractivity contribution in [2.45, 2.75) is 0 Å².